The van der Waals surface area contributed by atoms with E-state index in [1.165, 1.54) is 36.0 Å². The molecule has 0 aliphatic carbocycles. The molecule has 3 N–H and O–H groups in total. The molecule has 11 heteroatoms. The van der Waals surface area contributed by atoms with Crippen LogP contribution in [0.4, 0.5) is 15.8 Å². The second-order valence-electron chi connectivity index (χ2n) is 10.4. The van der Waals surface area contributed by atoms with E-state index in [2.05, 4.69) is 20.9 Å². The van der Waals surface area contributed by atoms with Gasteiger partial charge in [0.15, 0.2) is 5.58 Å². The number of fused-ring (bicyclic) bond motifs is 1. The number of oxazole rings is 1. The van der Waals surface area contributed by atoms with Gasteiger partial charge in [0.2, 0.25) is 11.8 Å². The minimum absolute atomic E-state index is 0.0399. The molecule has 0 aliphatic rings. The summed E-state index contributed by atoms with van der Waals surface area (Å²) in [6.07, 6.45) is 1.19. The van der Waals surface area contributed by atoms with Gasteiger partial charge in [0.05, 0.1) is 10.8 Å². The van der Waals surface area contributed by atoms with Crippen molar-refractivity contribution in [1.29, 1.82) is 0 Å². The molecule has 6 rings (SSSR count). The zero-order chi connectivity index (χ0) is 33.5. The lowest BCUT2D eigenvalue weighted by Gasteiger charge is -2.12. The van der Waals surface area contributed by atoms with Crippen LogP contribution >= 0.6 is 23.4 Å². The number of benzene rings is 5. The quantitative estimate of drug-likeness (QED) is 0.0992. The molecule has 48 heavy (non-hydrogen) atoms. The number of aromatic nitrogens is 1. The molecule has 0 unspecified atom stereocenters. The Morgan fingerprint density at radius 1 is 0.792 bits per heavy atom. The zero-order valence-corrected chi connectivity index (χ0v) is 26.6. The summed E-state index contributed by atoms with van der Waals surface area (Å²) in [7, 11) is 0. The Bertz CT molecular complexity index is 2080. The number of rotatable bonds is 10. The fraction of sp³-hybridized carbons (Fsp3) is 0.0270. The van der Waals surface area contributed by atoms with Crippen LogP contribution in [-0.4, -0.2) is 28.5 Å². The number of thioether (sulfide) groups is 1. The predicted octanol–water partition coefficient (Wildman–Crippen LogP) is 8.43. The Hall–Kier alpha value is -5.71. The lowest BCUT2D eigenvalue weighted by atomic mass is 10.1. The summed E-state index contributed by atoms with van der Waals surface area (Å²) in [5.74, 6) is -1.41. The first kappa shape index (κ1) is 32.2. The fourth-order valence-electron chi connectivity index (χ4n) is 4.61. The van der Waals surface area contributed by atoms with Crippen LogP contribution in [0.5, 0.6) is 0 Å². The second-order valence-corrected chi connectivity index (χ2v) is 11.8. The molecule has 5 aromatic carbocycles. The molecule has 8 nitrogen and oxygen atoms in total. The van der Waals surface area contributed by atoms with Crippen LogP contribution < -0.4 is 16.0 Å². The average molecular weight is 677 g/mol. The molecule has 6 aromatic rings. The number of para-hydroxylation sites is 2. The first-order valence-corrected chi connectivity index (χ1v) is 16.0. The van der Waals surface area contributed by atoms with Crippen LogP contribution in [0.2, 0.25) is 5.02 Å². The molecule has 3 amide bonds. The van der Waals surface area contributed by atoms with E-state index >= 15 is 0 Å². The van der Waals surface area contributed by atoms with Gasteiger partial charge < -0.3 is 20.4 Å². The molecule has 0 atom stereocenters. The molecular weight excluding hydrogens is 651 g/mol. The van der Waals surface area contributed by atoms with Crippen molar-refractivity contribution in [3.05, 3.63) is 149 Å². The summed E-state index contributed by atoms with van der Waals surface area (Å²) >= 11 is 7.50. The largest absolute Gasteiger partial charge is 0.436 e. The maximum Gasteiger partial charge on any atom is 0.272 e. The first-order chi connectivity index (χ1) is 23.3. The summed E-state index contributed by atoms with van der Waals surface area (Å²) in [5.41, 5.74) is 3.41. The number of carbonyl (C=O) groups is 3. The van der Waals surface area contributed by atoms with Crippen molar-refractivity contribution >= 4 is 69.6 Å². The van der Waals surface area contributed by atoms with E-state index in [0.29, 0.717) is 28.4 Å². The molecule has 1 aromatic heterocycles. The van der Waals surface area contributed by atoms with Crippen molar-refractivity contribution in [3.63, 3.8) is 0 Å². The van der Waals surface area contributed by atoms with Gasteiger partial charge in [-0.25, -0.2) is 9.37 Å². The van der Waals surface area contributed by atoms with Gasteiger partial charge in [0.25, 0.3) is 11.8 Å². The van der Waals surface area contributed by atoms with E-state index < -0.39 is 17.6 Å². The Kier molecular flexibility index (Phi) is 9.94. The molecule has 1 heterocycles. The van der Waals surface area contributed by atoms with Gasteiger partial charge in [-0.05, 0) is 91.0 Å². The number of amides is 3. The van der Waals surface area contributed by atoms with E-state index in [-0.39, 0.29) is 27.9 Å². The van der Waals surface area contributed by atoms with E-state index in [1.807, 2.05) is 36.4 Å². The number of nitrogens with zero attached hydrogens (tertiary/aromatic N) is 1. The van der Waals surface area contributed by atoms with Crippen LogP contribution in [-0.2, 0) is 9.59 Å². The minimum atomic E-state index is -0.680. The molecule has 0 radical (unpaired) electrons. The summed E-state index contributed by atoms with van der Waals surface area (Å²) in [5, 5.41) is 8.24. The highest BCUT2D eigenvalue weighted by Crippen LogP contribution is 2.26. The van der Waals surface area contributed by atoms with Crippen LogP contribution in [0, 0.1) is 5.82 Å². The molecule has 0 aliphatic heterocycles. The maximum absolute atomic E-state index is 14.6. The normalized spacial score (nSPS) is 11.2. The Balaban J connectivity index is 1.06. The highest BCUT2D eigenvalue weighted by atomic mass is 35.5. The standard InChI is InChI=1S/C37H26ClFN4O4S/c38-29-9-6-10-30(39)28(29)21-32(42-35(45)23-7-2-1-3-8-23)36(46)41-26-17-19-27(20-18-26)48-22-34(44)40-25-15-13-24(14-16-25)37-43-31-11-4-5-12-33(31)47-37/h1-21H,22H2,(H,40,44)(H,41,46)(H,42,45)/b32-21-. The van der Waals surface area contributed by atoms with Crippen LogP contribution in [0.3, 0.4) is 0 Å². The van der Waals surface area contributed by atoms with Gasteiger partial charge in [-0.2, -0.15) is 0 Å². The van der Waals surface area contributed by atoms with Crippen molar-refractivity contribution in [2.24, 2.45) is 0 Å². The summed E-state index contributed by atoms with van der Waals surface area (Å²) in [6, 6.07) is 34.1. The van der Waals surface area contributed by atoms with E-state index in [0.717, 1.165) is 16.0 Å². The van der Waals surface area contributed by atoms with Gasteiger partial charge in [-0.1, -0.05) is 48.0 Å². The molecule has 0 saturated heterocycles. The molecule has 0 bridgehead atoms. The van der Waals surface area contributed by atoms with Gasteiger partial charge in [-0.15, -0.1) is 11.8 Å². The predicted molar refractivity (Wildman–Crippen MR) is 187 cm³/mol. The minimum Gasteiger partial charge on any atom is -0.436 e. The van der Waals surface area contributed by atoms with Crippen LogP contribution in [0.25, 0.3) is 28.6 Å². The lowest BCUT2D eigenvalue weighted by Crippen LogP contribution is -2.30. The number of anilines is 2. The van der Waals surface area contributed by atoms with Crippen molar-refractivity contribution < 1.29 is 23.2 Å². The van der Waals surface area contributed by atoms with E-state index in [9.17, 15) is 18.8 Å². The highest BCUT2D eigenvalue weighted by molar-refractivity contribution is 8.00. The van der Waals surface area contributed by atoms with Crippen molar-refractivity contribution in [2.75, 3.05) is 16.4 Å². The number of hydrogen-bond donors (Lipinski definition) is 3. The molecule has 0 fully saturated rings. The summed E-state index contributed by atoms with van der Waals surface area (Å²) in [4.78, 5) is 44.1. The molecule has 238 valence electrons. The van der Waals surface area contributed by atoms with Crippen molar-refractivity contribution in [1.82, 2.24) is 10.3 Å². The topological polar surface area (TPSA) is 113 Å². The Labute approximate surface area is 284 Å². The van der Waals surface area contributed by atoms with Gasteiger partial charge in [0.1, 0.15) is 17.0 Å². The summed E-state index contributed by atoms with van der Waals surface area (Å²) in [6.45, 7) is 0. The average Bonchev–Trinajstić information content (AvgIpc) is 3.54. The number of carbonyl (C=O) groups excluding carboxylic acids is 3. The van der Waals surface area contributed by atoms with Crippen LogP contribution in [0.1, 0.15) is 15.9 Å². The summed E-state index contributed by atoms with van der Waals surface area (Å²) < 4.78 is 20.4. The number of hydrogen-bond acceptors (Lipinski definition) is 6. The van der Waals surface area contributed by atoms with Gasteiger partial charge >= 0.3 is 0 Å². The molecule has 0 spiro atoms. The van der Waals surface area contributed by atoms with Crippen molar-refractivity contribution in [2.45, 2.75) is 4.90 Å². The second kappa shape index (κ2) is 14.8. The number of halogens is 2. The third-order valence-electron chi connectivity index (χ3n) is 7.01. The zero-order valence-electron chi connectivity index (χ0n) is 25.1. The SMILES string of the molecule is O=C(CSc1ccc(NC(=O)/C(=C/c2c(F)cccc2Cl)NC(=O)c2ccccc2)cc1)Nc1ccc(-c2nc3ccccc3o2)cc1. The van der Waals surface area contributed by atoms with E-state index in [1.54, 1.807) is 66.7 Å². The first-order valence-electron chi connectivity index (χ1n) is 14.6. The van der Waals surface area contributed by atoms with Crippen LogP contribution in [0.15, 0.2) is 136 Å². The highest BCUT2D eigenvalue weighted by Gasteiger charge is 2.17. The van der Waals surface area contributed by atoms with Gasteiger partial charge in [0, 0.05) is 33.0 Å². The molecule has 0 saturated carbocycles. The smallest absolute Gasteiger partial charge is 0.272 e. The lowest BCUT2D eigenvalue weighted by molar-refractivity contribution is -0.114. The number of nitrogens with one attached hydrogen (secondary N) is 3. The Morgan fingerprint density at radius 2 is 1.48 bits per heavy atom. The third kappa shape index (κ3) is 7.98. The van der Waals surface area contributed by atoms with Crippen molar-refractivity contribution in [3.8, 4) is 11.5 Å². The third-order valence-corrected chi connectivity index (χ3v) is 8.35. The van der Waals surface area contributed by atoms with Gasteiger partial charge in [-0.3, -0.25) is 14.4 Å². The Morgan fingerprint density at radius 3 is 2.21 bits per heavy atom. The molecular formula is C37H26ClFN4O4S. The maximum atomic E-state index is 14.6. The van der Waals surface area contributed by atoms with E-state index in [4.69, 9.17) is 16.0 Å². The fourth-order valence-corrected chi connectivity index (χ4v) is 5.52. The monoisotopic (exact) mass is 676 g/mol.